The van der Waals surface area contributed by atoms with Gasteiger partial charge in [0.1, 0.15) is 18.8 Å². The molecule has 0 spiro atoms. The van der Waals surface area contributed by atoms with Crippen LogP contribution in [0.25, 0.3) is 11.5 Å². The molecular weight excluding hydrogens is 394 g/mol. The highest BCUT2D eigenvalue weighted by Gasteiger charge is 2.29. The Balaban J connectivity index is 1.55. The summed E-state index contributed by atoms with van der Waals surface area (Å²) in [5, 5.41) is 19.3. The molecule has 10 nitrogen and oxygen atoms in total. The number of nitro benzene ring substituents is 1. The number of carbonyl (C=O) groups excluding carboxylic acids is 1. The fourth-order valence-corrected chi connectivity index (χ4v) is 2.88. The molecule has 1 aromatic heterocycles. The van der Waals surface area contributed by atoms with Gasteiger partial charge in [-0.05, 0) is 26.0 Å². The molecule has 0 unspecified atom stereocenters. The first-order valence-corrected chi connectivity index (χ1v) is 9.12. The summed E-state index contributed by atoms with van der Waals surface area (Å²) in [5.41, 5.74) is 1.11. The number of hydrogen-bond acceptors (Lipinski definition) is 9. The van der Waals surface area contributed by atoms with Crippen molar-refractivity contribution < 1.29 is 28.3 Å². The number of hydrogen-bond donors (Lipinski definition) is 0. The van der Waals surface area contributed by atoms with E-state index in [0.29, 0.717) is 0 Å². The number of nitro groups is 1. The van der Waals surface area contributed by atoms with Crippen LogP contribution in [-0.2, 0) is 4.74 Å². The number of rotatable bonds is 5. The third-order valence-electron chi connectivity index (χ3n) is 4.45. The molecule has 1 aliphatic rings. The van der Waals surface area contributed by atoms with Gasteiger partial charge in [-0.2, -0.15) is 0 Å². The Kier molecular flexibility index (Phi) is 5.05. The third kappa shape index (κ3) is 3.79. The SMILES string of the molecule is Cc1ccc(-c2nnc([C@@H](C)OC(=O)c3cc4c(cc3[N+](=O)[O-])OCCO4)o2)cc1. The maximum absolute atomic E-state index is 12.6. The van der Waals surface area contributed by atoms with E-state index in [2.05, 4.69) is 10.2 Å². The zero-order valence-electron chi connectivity index (χ0n) is 16.2. The van der Waals surface area contributed by atoms with E-state index in [1.165, 1.54) is 13.0 Å². The van der Waals surface area contributed by atoms with Crippen molar-refractivity contribution in [3.63, 3.8) is 0 Å². The molecule has 154 valence electrons. The van der Waals surface area contributed by atoms with Crippen molar-refractivity contribution in [2.24, 2.45) is 0 Å². The van der Waals surface area contributed by atoms with Gasteiger partial charge >= 0.3 is 5.97 Å². The Morgan fingerprint density at radius 1 is 1.13 bits per heavy atom. The van der Waals surface area contributed by atoms with Crippen molar-refractivity contribution in [2.75, 3.05) is 13.2 Å². The van der Waals surface area contributed by atoms with Crippen molar-refractivity contribution in [1.29, 1.82) is 0 Å². The molecule has 0 bridgehead atoms. The van der Waals surface area contributed by atoms with Crippen molar-refractivity contribution in [3.8, 4) is 23.0 Å². The number of carbonyl (C=O) groups is 1. The summed E-state index contributed by atoms with van der Waals surface area (Å²) in [6.07, 6.45) is -0.919. The standard InChI is InChI=1S/C20H17N3O7/c1-11-3-5-13(6-4-11)19-22-21-18(30-19)12(2)29-20(24)14-9-16-17(28-8-7-27-16)10-15(14)23(25)26/h3-6,9-10,12H,7-8H2,1-2H3/t12-/m1/s1. The van der Waals surface area contributed by atoms with Crippen LogP contribution in [0.2, 0.25) is 0 Å². The highest BCUT2D eigenvalue weighted by atomic mass is 16.6. The van der Waals surface area contributed by atoms with Crippen LogP contribution in [0.4, 0.5) is 5.69 Å². The largest absolute Gasteiger partial charge is 0.486 e. The van der Waals surface area contributed by atoms with Crippen LogP contribution in [0.1, 0.15) is 34.8 Å². The quantitative estimate of drug-likeness (QED) is 0.351. The maximum atomic E-state index is 12.6. The predicted molar refractivity (Wildman–Crippen MR) is 102 cm³/mol. The molecule has 0 N–H and O–H groups in total. The first-order valence-electron chi connectivity index (χ1n) is 9.12. The second kappa shape index (κ2) is 7.82. The van der Waals surface area contributed by atoms with E-state index in [4.69, 9.17) is 18.6 Å². The third-order valence-corrected chi connectivity index (χ3v) is 4.45. The predicted octanol–water partition coefficient (Wildman–Crippen LogP) is 3.64. The average Bonchev–Trinajstić information content (AvgIpc) is 3.23. The van der Waals surface area contributed by atoms with E-state index in [-0.39, 0.29) is 42.1 Å². The number of fused-ring (bicyclic) bond motifs is 1. The summed E-state index contributed by atoms with van der Waals surface area (Å²) in [7, 11) is 0. The average molecular weight is 411 g/mol. The second-order valence-electron chi connectivity index (χ2n) is 6.63. The number of nitrogens with zero attached hydrogens (tertiary/aromatic N) is 3. The van der Waals surface area contributed by atoms with E-state index in [1.807, 2.05) is 31.2 Å². The maximum Gasteiger partial charge on any atom is 0.346 e. The second-order valence-corrected chi connectivity index (χ2v) is 6.63. The molecule has 30 heavy (non-hydrogen) atoms. The number of esters is 1. The Labute approximate surface area is 170 Å². The van der Waals surface area contributed by atoms with Crippen LogP contribution in [0.3, 0.4) is 0 Å². The summed E-state index contributed by atoms with van der Waals surface area (Å²) in [6, 6.07) is 9.88. The molecule has 0 amide bonds. The van der Waals surface area contributed by atoms with Gasteiger partial charge in [0.15, 0.2) is 17.6 Å². The normalized spacial score (nSPS) is 13.5. The van der Waals surface area contributed by atoms with E-state index < -0.39 is 22.7 Å². The lowest BCUT2D eigenvalue weighted by Crippen LogP contribution is -2.17. The van der Waals surface area contributed by atoms with Crippen LogP contribution in [0.15, 0.2) is 40.8 Å². The molecule has 4 rings (SSSR count). The summed E-state index contributed by atoms with van der Waals surface area (Å²) < 4.78 is 21.7. The van der Waals surface area contributed by atoms with Crippen molar-refractivity contribution in [1.82, 2.24) is 10.2 Å². The van der Waals surface area contributed by atoms with Gasteiger partial charge in [0, 0.05) is 11.6 Å². The minimum absolute atomic E-state index is 0.0686. The molecule has 0 fully saturated rings. The van der Waals surface area contributed by atoms with E-state index in [9.17, 15) is 14.9 Å². The first-order chi connectivity index (χ1) is 14.4. The topological polar surface area (TPSA) is 127 Å². The zero-order chi connectivity index (χ0) is 21.3. The Hall–Kier alpha value is -3.95. The van der Waals surface area contributed by atoms with Gasteiger partial charge in [-0.1, -0.05) is 17.7 Å². The van der Waals surface area contributed by atoms with Crippen LogP contribution in [0.5, 0.6) is 11.5 Å². The van der Waals surface area contributed by atoms with E-state index in [0.717, 1.165) is 17.2 Å². The summed E-state index contributed by atoms with van der Waals surface area (Å²) in [5.74, 6) is -0.123. The zero-order valence-corrected chi connectivity index (χ0v) is 16.2. The molecule has 2 heterocycles. The van der Waals surface area contributed by atoms with Crippen LogP contribution in [-0.4, -0.2) is 34.3 Å². The van der Waals surface area contributed by atoms with Crippen LogP contribution >= 0.6 is 0 Å². The van der Waals surface area contributed by atoms with Gasteiger partial charge in [0.25, 0.3) is 11.6 Å². The lowest BCUT2D eigenvalue weighted by atomic mass is 10.1. The number of benzene rings is 2. The molecule has 1 atom stereocenters. The molecule has 0 saturated heterocycles. The van der Waals surface area contributed by atoms with Gasteiger partial charge in [0.05, 0.1) is 11.0 Å². The van der Waals surface area contributed by atoms with Crippen LogP contribution in [0, 0.1) is 17.0 Å². The molecule has 0 aliphatic carbocycles. The molecule has 1 aliphatic heterocycles. The number of aromatic nitrogens is 2. The minimum atomic E-state index is -0.919. The molecule has 10 heteroatoms. The van der Waals surface area contributed by atoms with Gasteiger partial charge in [0.2, 0.25) is 5.89 Å². The molecular formula is C20H17N3O7. The van der Waals surface area contributed by atoms with Crippen LogP contribution < -0.4 is 9.47 Å². The number of ether oxygens (including phenoxy) is 3. The fourth-order valence-electron chi connectivity index (χ4n) is 2.88. The smallest absolute Gasteiger partial charge is 0.346 e. The van der Waals surface area contributed by atoms with Gasteiger partial charge < -0.3 is 18.6 Å². The van der Waals surface area contributed by atoms with Gasteiger partial charge in [-0.25, -0.2) is 4.79 Å². The Morgan fingerprint density at radius 3 is 2.47 bits per heavy atom. The van der Waals surface area contributed by atoms with Gasteiger partial charge in [-0.15, -0.1) is 10.2 Å². The molecule has 0 saturated carbocycles. The first kappa shape index (κ1) is 19.4. The summed E-state index contributed by atoms with van der Waals surface area (Å²) in [6.45, 7) is 4.04. The van der Waals surface area contributed by atoms with Crippen molar-refractivity contribution in [2.45, 2.75) is 20.0 Å². The lowest BCUT2D eigenvalue weighted by Gasteiger charge is -2.19. The van der Waals surface area contributed by atoms with E-state index >= 15 is 0 Å². The monoisotopic (exact) mass is 411 g/mol. The summed E-state index contributed by atoms with van der Waals surface area (Å²) in [4.78, 5) is 23.4. The molecule has 3 aromatic rings. The lowest BCUT2D eigenvalue weighted by molar-refractivity contribution is -0.385. The summed E-state index contributed by atoms with van der Waals surface area (Å²) >= 11 is 0. The highest BCUT2D eigenvalue weighted by Crippen LogP contribution is 2.37. The van der Waals surface area contributed by atoms with Gasteiger partial charge in [-0.3, -0.25) is 10.1 Å². The molecule has 0 radical (unpaired) electrons. The molecule has 2 aromatic carbocycles. The van der Waals surface area contributed by atoms with E-state index in [1.54, 1.807) is 0 Å². The Morgan fingerprint density at radius 2 is 1.80 bits per heavy atom. The Bertz CT molecular complexity index is 1110. The highest BCUT2D eigenvalue weighted by molar-refractivity contribution is 5.95. The fraction of sp³-hybridized carbons (Fsp3) is 0.250. The number of aryl methyl sites for hydroxylation is 1. The minimum Gasteiger partial charge on any atom is -0.486 e. The van der Waals surface area contributed by atoms with Crippen molar-refractivity contribution >= 4 is 11.7 Å². The van der Waals surface area contributed by atoms with Crippen molar-refractivity contribution in [3.05, 3.63) is 63.5 Å².